The monoisotopic (exact) mass is 288 g/mol. The number of nitriles is 1. The Bertz CT molecular complexity index is 584. The highest BCUT2D eigenvalue weighted by molar-refractivity contribution is 7.16. The summed E-state index contributed by atoms with van der Waals surface area (Å²) >= 11 is 1.54. The maximum absolute atomic E-state index is 12.5. The lowest BCUT2D eigenvalue weighted by molar-refractivity contribution is -0.121. The molecule has 2 aliphatic rings. The topological polar surface area (TPSA) is 52.9 Å². The van der Waals surface area contributed by atoms with Gasteiger partial charge in [-0.15, -0.1) is 11.3 Å². The summed E-state index contributed by atoms with van der Waals surface area (Å²) in [7, 11) is 0. The van der Waals surface area contributed by atoms with E-state index in [0.29, 0.717) is 11.5 Å². The van der Waals surface area contributed by atoms with Gasteiger partial charge in [-0.05, 0) is 50.0 Å². The molecule has 0 aromatic carbocycles. The molecule has 1 amide bonds. The Morgan fingerprint density at radius 3 is 2.80 bits per heavy atom. The molecule has 1 N–H and O–H groups in total. The predicted molar refractivity (Wildman–Crippen MR) is 80.7 cm³/mol. The van der Waals surface area contributed by atoms with Gasteiger partial charge in [0, 0.05) is 10.8 Å². The number of carbonyl (C=O) groups is 1. The van der Waals surface area contributed by atoms with E-state index in [1.54, 1.807) is 11.3 Å². The average molecular weight is 288 g/mol. The van der Waals surface area contributed by atoms with Crippen LogP contribution in [0, 0.1) is 36.0 Å². The van der Waals surface area contributed by atoms with E-state index in [-0.39, 0.29) is 11.8 Å². The minimum atomic E-state index is 0.137. The first kappa shape index (κ1) is 13.6. The van der Waals surface area contributed by atoms with E-state index >= 15 is 0 Å². The second-order valence-corrected chi connectivity index (χ2v) is 7.30. The summed E-state index contributed by atoms with van der Waals surface area (Å²) in [5.41, 5.74) is 1.76. The van der Waals surface area contributed by atoms with E-state index in [0.717, 1.165) is 34.2 Å². The summed E-state index contributed by atoms with van der Waals surface area (Å²) < 4.78 is 0. The number of rotatable bonds is 3. The van der Waals surface area contributed by atoms with Crippen LogP contribution >= 0.6 is 11.3 Å². The third-order valence-corrected chi connectivity index (χ3v) is 6.05. The van der Waals surface area contributed by atoms with Gasteiger partial charge in [-0.1, -0.05) is 13.3 Å². The molecule has 3 nitrogen and oxygen atoms in total. The van der Waals surface area contributed by atoms with Crippen molar-refractivity contribution in [3.05, 3.63) is 16.0 Å². The number of nitrogens with one attached hydrogen (secondary N) is 1. The van der Waals surface area contributed by atoms with Crippen LogP contribution in [0.25, 0.3) is 0 Å². The molecule has 0 saturated heterocycles. The first-order chi connectivity index (χ1) is 9.63. The van der Waals surface area contributed by atoms with Crippen LogP contribution in [0.5, 0.6) is 0 Å². The lowest BCUT2D eigenvalue weighted by atomic mass is 9.88. The summed E-state index contributed by atoms with van der Waals surface area (Å²) in [5.74, 6) is 1.66. The number of thiophene rings is 1. The molecule has 2 saturated carbocycles. The van der Waals surface area contributed by atoms with Crippen molar-refractivity contribution >= 4 is 22.2 Å². The number of anilines is 1. The van der Waals surface area contributed by atoms with Gasteiger partial charge in [-0.2, -0.15) is 5.26 Å². The van der Waals surface area contributed by atoms with Crippen molar-refractivity contribution in [2.24, 2.45) is 17.8 Å². The van der Waals surface area contributed by atoms with E-state index in [9.17, 15) is 10.1 Å². The SMILES string of the molecule is CCc1c(C)sc(NC(=O)[C@@H]2C[C@H]3CC[C@H]2C3)c1C#N. The molecule has 2 fully saturated rings. The lowest BCUT2D eigenvalue weighted by Crippen LogP contribution is -2.27. The standard InChI is InChI=1S/C16H20N2OS/c1-3-12-9(2)20-16(14(12)8-17)18-15(19)13-7-10-4-5-11(13)6-10/h10-11,13H,3-7H2,1-2H3,(H,18,19)/t10-,11-,13+/m0/s1. The van der Waals surface area contributed by atoms with Crippen LogP contribution in [0.1, 0.15) is 48.6 Å². The first-order valence-corrected chi connectivity index (χ1v) is 8.28. The second kappa shape index (κ2) is 5.21. The van der Waals surface area contributed by atoms with Gasteiger partial charge < -0.3 is 5.32 Å². The Kier molecular flexibility index (Phi) is 3.55. The molecule has 106 valence electrons. The van der Waals surface area contributed by atoms with Crippen molar-refractivity contribution in [1.82, 2.24) is 0 Å². The fourth-order valence-electron chi connectivity index (χ4n) is 3.98. The molecule has 0 aliphatic heterocycles. The number of nitrogens with zero attached hydrogens (tertiary/aromatic N) is 1. The minimum Gasteiger partial charge on any atom is -0.316 e. The molecule has 2 aliphatic carbocycles. The minimum absolute atomic E-state index is 0.137. The molecule has 0 spiro atoms. The first-order valence-electron chi connectivity index (χ1n) is 7.47. The van der Waals surface area contributed by atoms with Crippen molar-refractivity contribution < 1.29 is 4.79 Å². The van der Waals surface area contributed by atoms with E-state index in [2.05, 4.69) is 18.3 Å². The quantitative estimate of drug-likeness (QED) is 0.918. The zero-order valence-corrected chi connectivity index (χ0v) is 12.8. The number of fused-ring (bicyclic) bond motifs is 2. The van der Waals surface area contributed by atoms with Crippen LogP contribution in [0.4, 0.5) is 5.00 Å². The van der Waals surface area contributed by atoms with Crippen molar-refractivity contribution in [3.63, 3.8) is 0 Å². The summed E-state index contributed by atoms with van der Waals surface area (Å²) in [6, 6.07) is 2.26. The van der Waals surface area contributed by atoms with Crippen LogP contribution in [0.2, 0.25) is 0 Å². The molecular formula is C16H20N2OS. The lowest BCUT2D eigenvalue weighted by Gasteiger charge is -2.20. The van der Waals surface area contributed by atoms with Gasteiger partial charge in [0.05, 0.1) is 5.56 Å². The highest BCUT2D eigenvalue weighted by Crippen LogP contribution is 2.48. The molecule has 4 heteroatoms. The normalized spacial score (nSPS) is 27.6. The highest BCUT2D eigenvalue weighted by atomic mass is 32.1. The largest absolute Gasteiger partial charge is 0.316 e. The molecule has 1 heterocycles. The molecule has 0 radical (unpaired) electrons. The average Bonchev–Trinajstić information content (AvgIpc) is 3.12. The van der Waals surface area contributed by atoms with Crippen LogP contribution in [0.3, 0.4) is 0 Å². The molecule has 1 aromatic rings. The van der Waals surface area contributed by atoms with E-state index < -0.39 is 0 Å². The van der Waals surface area contributed by atoms with Gasteiger partial charge in [0.15, 0.2) is 0 Å². The highest BCUT2D eigenvalue weighted by Gasteiger charge is 2.43. The third kappa shape index (κ3) is 2.14. The van der Waals surface area contributed by atoms with Crippen molar-refractivity contribution in [3.8, 4) is 6.07 Å². The predicted octanol–water partition coefficient (Wildman–Crippen LogP) is 3.87. The number of hydrogen-bond donors (Lipinski definition) is 1. The Labute approximate surface area is 124 Å². The van der Waals surface area contributed by atoms with E-state index in [1.165, 1.54) is 19.3 Å². The Morgan fingerprint density at radius 2 is 2.25 bits per heavy atom. The number of amides is 1. The van der Waals surface area contributed by atoms with Crippen LogP contribution in [0.15, 0.2) is 0 Å². The Balaban J connectivity index is 1.78. The number of hydrogen-bond acceptors (Lipinski definition) is 3. The molecule has 20 heavy (non-hydrogen) atoms. The number of carbonyl (C=O) groups excluding carboxylic acids is 1. The summed E-state index contributed by atoms with van der Waals surface area (Å²) in [6.45, 7) is 4.08. The summed E-state index contributed by atoms with van der Waals surface area (Å²) in [5, 5.41) is 13.1. The van der Waals surface area contributed by atoms with Gasteiger partial charge >= 0.3 is 0 Å². The number of aryl methyl sites for hydroxylation is 1. The molecule has 3 rings (SSSR count). The van der Waals surface area contributed by atoms with Gasteiger partial charge in [0.2, 0.25) is 5.91 Å². The summed E-state index contributed by atoms with van der Waals surface area (Å²) in [4.78, 5) is 13.6. The van der Waals surface area contributed by atoms with Gasteiger partial charge in [0.1, 0.15) is 11.1 Å². The molecule has 1 aromatic heterocycles. The van der Waals surface area contributed by atoms with Gasteiger partial charge in [-0.25, -0.2) is 0 Å². The summed E-state index contributed by atoms with van der Waals surface area (Å²) in [6.07, 6.45) is 5.62. The smallest absolute Gasteiger partial charge is 0.228 e. The van der Waals surface area contributed by atoms with Crippen LogP contribution < -0.4 is 5.32 Å². The van der Waals surface area contributed by atoms with Gasteiger partial charge in [-0.3, -0.25) is 4.79 Å². The van der Waals surface area contributed by atoms with Crippen molar-refractivity contribution in [1.29, 1.82) is 5.26 Å². The zero-order valence-electron chi connectivity index (χ0n) is 12.0. The second-order valence-electron chi connectivity index (χ2n) is 6.08. The van der Waals surface area contributed by atoms with Crippen molar-refractivity contribution in [2.45, 2.75) is 46.0 Å². The molecular weight excluding hydrogens is 268 g/mol. The molecule has 3 atom stereocenters. The van der Waals surface area contributed by atoms with Crippen LogP contribution in [-0.4, -0.2) is 5.91 Å². The van der Waals surface area contributed by atoms with Gasteiger partial charge in [0.25, 0.3) is 0 Å². The molecule has 2 bridgehead atoms. The maximum atomic E-state index is 12.5. The fraction of sp³-hybridized carbons (Fsp3) is 0.625. The maximum Gasteiger partial charge on any atom is 0.228 e. The molecule has 0 unspecified atom stereocenters. The van der Waals surface area contributed by atoms with Crippen molar-refractivity contribution in [2.75, 3.05) is 5.32 Å². The Morgan fingerprint density at radius 1 is 1.45 bits per heavy atom. The van der Waals surface area contributed by atoms with E-state index in [4.69, 9.17) is 0 Å². The van der Waals surface area contributed by atoms with Crippen LogP contribution in [-0.2, 0) is 11.2 Å². The fourth-order valence-corrected chi connectivity index (χ4v) is 5.08. The zero-order chi connectivity index (χ0) is 14.3. The van der Waals surface area contributed by atoms with E-state index in [1.807, 2.05) is 6.92 Å². The Hall–Kier alpha value is -1.34. The third-order valence-electron chi connectivity index (χ3n) is 4.99.